The van der Waals surface area contributed by atoms with Gasteiger partial charge in [0.2, 0.25) is 0 Å². The molecule has 0 aliphatic rings. The molecule has 2 aromatic rings. The minimum Gasteiger partial charge on any atom is -0.396 e. The monoisotopic (exact) mass is 189 g/mol. The smallest absolute Gasteiger partial charge is 0.255 e. The van der Waals surface area contributed by atoms with Crippen LogP contribution in [-0.4, -0.2) is 16.7 Å². The Morgan fingerprint density at radius 2 is 2.14 bits per heavy atom. The van der Waals surface area contributed by atoms with Crippen molar-refractivity contribution in [3.8, 4) is 0 Å². The van der Waals surface area contributed by atoms with Crippen molar-refractivity contribution >= 4 is 10.8 Å². The molecule has 0 amide bonds. The van der Waals surface area contributed by atoms with Crippen LogP contribution in [0.15, 0.2) is 35.3 Å². The molecule has 2 N–H and O–H groups in total. The van der Waals surface area contributed by atoms with Crippen LogP contribution in [0.1, 0.15) is 5.56 Å². The van der Waals surface area contributed by atoms with E-state index in [2.05, 4.69) is 4.98 Å². The van der Waals surface area contributed by atoms with E-state index in [0.29, 0.717) is 11.8 Å². The van der Waals surface area contributed by atoms with E-state index in [9.17, 15) is 4.79 Å². The van der Waals surface area contributed by atoms with Crippen molar-refractivity contribution in [3.63, 3.8) is 0 Å². The van der Waals surface area contributed by atoms with E-state index in [4.69, 9.17) is 5.11 Å². The molecule has 3 nitrogen and oxygen atoms in total. The molecule has 14 heavy (non-hydrogen) atoms. The van der Waals surface area contributed by atoms with Gasteiger partial charge in [-0.05, 0) is 29.5 Å². The van der Waals surface area contributed by atoms with Gasteiger partial charge in [-0.25, -0.2) is 0 Å². The minimum absolute atomic E-state index is 0.0713. The van der Waals surface area contributed by atoms with E-state index in [-0.39, 0.29) is 12.2 Å². The number of fused-ring (bicyclic) bond motifs is 1. The Morgan fingerprint density at radius 1 is 1.29 bits per heavy atom. The van der Waals surface area contributed by atoms with Crippen molar-refractivity contribution in [1.29, 1.82) is 0 Å². The van der Waals surface area contributed by atoms with E-state index in [0.717, 1.165) is 10.9 Å². The number of aromatic nitrogens is 1. The van der Waals surface area contributed by atoms with E-state index in [1.54, 1.807) is 12.3 Å². The van der Waals surface area contributed by atoms with Crippen LogP contribution in [0, 0.1) is 0 Å². The summed E-state index contributed by atoms with van der Waals surface area (Å²) < 4.78 is 0. The fourth-order valence-electron chi connectivity index (χ4n) is 1.53. The molecule has 0 unspecified atom stereocenters. The van der Waals surface area contributed by atoms with Crippen LogP contribution in [0.3, 0.4) is 0 Å². The molecule has 0 radical (unpaired) electrons. The summed E-state index contributed by atoms with van der Waals surface area (Å²) in [6, 6.07) is 7.45. The number of benzene rings is 1. The van der Waals surface area contributed by atoms with Gasteiger partial charge >= 0.3 is 0 Å². The molecular weight excluding hydrogens is 178 g/mol. The third-order valence-electron chi connectivity index (χ3n) is 2.24. The SMILES string of the molecule is O=c1[nH]ccc2cc(CCO)ccc12. The lowest BCUT2D eigenvalue weighted by atomic mass is 10.1. The first-order valence-corrected chi connectivity index (χ1v) is 4.52. The highest BCUT2D eigenvalue weighted by atomic mass is 16.2. The molecule has 2 rings (SSSR count). The van der Waals surface area contributed by atoms with Crippen molar-refractivity contribution < 1.29 is 5.11 Å². The normalized spacial score (nSPS) is 10.6. The van der Waals surface area contributed by atoms with Crippen LogP contribution in [-0.2, 0) is 6.42 Å². The van der Waals surface area contributed by atoms with Crippen LogP contribution in [0.2, 0.25) is 0 Å². The third kappa shape index (κ3) is 1.54. The molecule has 0 saturated heterocycles. The topological polar surface area (TPSA) is 53.1 Å². The second-order valence-corrected chi connectivity index (χ2v) is 3.20. The number of aliphatic hydroxyl groups is 1. The molecule has 3 heteroatoms. The van der Waals surface area contributed by atoms with E-state index in [1.807, 2.05) is 18.2 Å². The lowest BCUT2D eigenvalue weighted by Gasteiger charge is -2.00. The highest BCUT2D eigenvalue weighted by Gasteiger charge is 1.98. The van der Waals surface area contributed by atoms with Crippen LogP contribution < -0.4 is 5.56 Å². The summed E-state index contributed by atoms with van der Waals surface area (Å²) in [5.41, 5.74) is 0.976. The first kappa shape index (κ1) is 8.97. The average Bonchev–Trinajstić information content (AvgIpc) is 2.18. The van der Waals surface area contributed by atoms with Crippen molar-refractivity contribution in [3.05, 3.63) is 46.4 Å². The molecular formula is C11H11NO2. The standard InChI is InChI=1S/C11H11NO2/c13-6-4-8-1-2-10-9(7-8)3-5-12-11(10)14/h1-3,5,7,13H,4,6H2,(H,12,14). The first-order chi connectivity index (χ1) is 6.81. The number of pyridine rings is 1. The Bertz CT molecular complexity index is 502. The maximum Gasteiger partial charge on any atom is 0.255 e. The second kappa shape index (κ2) is 3.64. The molecule has 1 heterocycles. The molecule has 72 valence electrons. The maximum atomic E-state index is 11.3. The van der Waals surface area contributed by atoms with Gasteiger partial charge in [-0.15, -0.1) is 0 Å². The maximum absolute atomic E-state index is 11.3. The third-order valence-corrected chi connectivity index (χ3v) is 2.24. The van der Waals surface area contributed by atoms with Crippen molar-refractivity contribution in [2.45, 2.75) is 6.42 Å². The van der Waals surface area contributed by atoms with Crippen LogP contribution in [0.25, 0.3) is 10.8 Å². The summed E-state index contributed by atoms with van der Waals surface area (Å²) in [6.07, 6.45) is 2.26. The van der Waals surface area contributed by atoms with Crippen LogP contribution in [0.4, 0.5) is 0 Å². The quantitative estimate of drug-likeness (QED) is 0.742. The van der Waals surface area contributed by atoms with Crippen LogP contribution >= 0.6 is 0 Å². The predicted octanol–water partition coefficient (Wildman–Crippen LogP) is 1.06. The largest absolute Gasteiger partial charge is 0.396 e. The molecule has 1 aromatic carbocycles. The van der Waals surface area contributed by atoms with E-state index in [1.165, 1.54) is 0 Å². The molecule has 0 saturated carbocycles. The van der Waals surface area contributed by atoms with Gasteiger partial charge in [0.25, 0.3) is 5.56 Å². The fourth-order valence-corrected chi connectivity index (χ4v) is 1.53. The lowest BCUT2D eigenvalue weighted by Crippen LogP contribution is -2.04. The summed E-state index contributed by atoms with van der Waals surface area (Å²) in [6.45, 7) is 0.134. The van der Waals surface area contributed by atoms with Gasteiger partial charge < -0.3 is 10.1 Å². The Hall–Kier alpha value is -1.61. The summed E-state index contributed by atoms with van der Waals surface area (Å²) in [5.74, 6) is 0. The van der Waals surface area contributed by atoms with E-state index < -0.39 is 0 Å². The lowest BCUT2D eigenvalue weighted by molar-refractivity contribution is 0.299. The molecule has 0 bridgehead atoms. The zero-order valence-electron chi connectivity index (χ0n) is 7.66. The van der Waals surface area contributed by atoms with Crippen molar-refractivity contribution in [2.75, 3.05) is 6.61 Å². The molecule has 0 aliphatic heterocycles. The first-order valence-electron chi connectivity index (χ1n) is 4.52. The van der Waals surface area contributed by atoms with Gasteiger partial charge in [0.15, 0.2) is 0 Å². The zero-order chi connectivity index (χ0) is 9.97. The summed E-state index contributed by atoms with van der Waals surface area (Å²) >= 11 is 0. The average molecular weight is 189 g/mol. The molecule has 0 aliphatic carbocycles. The number of H-pyrrole nitrogens is 1. The molecule has 0 spiro atoms. The fraction of sp³-hybridized carbons (Fsp3) is 0.182. The zero-order valence-corrected chi connectivity index (χ0v) is 7.66. The van der Waals surface area contributed by atoms with Crippen LogP contribution in [0.5, 0.6) is 0 Å². The van der Waals surface area contributed by atoms with Crippen molar-refractivity contribution in [2.24, 2.45) is 0 Å². The summed E-state index contributed by atoms with van der Waals surface area (Å²) in [7, 11) is 0. The summed E-state index contributed by atoms with van der Waals surface area (Å²) in [5, 5.41) is 10.4. The predicted molar refractivity (Wildman–Crippen MR) is 55.4 cm³/mol. The van der Waals surface area contributed by atoms with Gasteiger partial charge in [0.1, 0.15) is 0 Å². The number of rotatable bonds is 2. The highest BCUT2D eigenvalue weighted by molar-refractivity contribution is 5.81. The number of hydrogen-bond donors (Lipinski definition) is 2. The molecule has 1 aromatic heterocycles. The Morgan fingerprint density at radius 3 is 2.93 bits per heavy atom. The Balaban J connectivity index is 2.61. The van der Waals surface area contributed by atoms with Crippen molar-refractivity contribution in [1.82, 2.24) is 4.98 Å². The van der Waals surface area contributed by atoms with Gasteiger partial charge in [0.05, 0.1) is 0 Å². The van der Waals surface area contributed by atoms with E-state index >= 15 is 0 Å². The molecule has 0 atom stereocenters. The van der Waals surface area contributed by atoms with Gasteiger partial charge in [-0.3, -0.25) is 4.79 Å². The number of aliphatic hydroxyl groups excluding tert-OH is 1. The summed E-state index contributed by atoms with van der Waals surface area (Å²) in [4.78, 5) is 14.0. The Kier molecular flexibility index (Phi) is 2.33. The number of hydrogen-bond acceptors (Lipinski definition) is 2. The van der Waals surface area contributed by atoms with Gasteiger partial charge in [-0.2, -0.15) is 0 Å². The number of nitrogens with one attached hydrogen (secondary N) is 1. The molecule has 0 fully saturated rings. The van der Waals surface area contributed by atoms with Gasteiger partial charge in [-0.1, -0.05) is 12.1 Å². The highest BCUT2D eigenvalue weighted by Crippen LogP contribution is 2.11. The number of aromatic amines is 1. The van der Waals surface area contributed by atoms with Gasteiger partial charge in [0, 0.05) is 18.2 Å². The Labute approximate surface area is 81.0 Å². The second-order valence-electron chi connectivity index (χ2n) is 3.20. The minimum atomic E-state index is -0.0713.